The zero-order valence-corrected chi connectivity index (χ0v) is 4.73. The Hall–Kier alpha value is -1.10. The van der Waals surface area contributed by atoms with E-state index in [1.54, 1.807) is 0 Å². The van der Waals surface area contributed by atoms with Crippen molar-refractivity contribution in [2.75, 3.05) is 0 Å². The standard InChI is InChI=1S/C7H5FO/c1-2-5-3-4-6(9)7(5)8/h1,3,7H,4H2. The number of rotatable bonds is 0. The number of ketones is 1. The number of hydrogen-bond donors (Lipinski definition) is 0. The maximum absolute atomic E-state index is 12.4. The third-order valence-electron chi connectivity index (χ3n) is 1.25. The zero-order chi connectivity index (χ0) is 6.85. The van der Waals surface area contributed by atoms with Crippen LogP contribution in [-0.4, -0.2) is 12.0 Å². The normalized spacial score (nSPS) is 25.6. The van der Waals surface area contributed by atoms with Crippen molar-refractivity contribution in [3.05, 3.63) is 11.6 Å². The second-order valence-electron chi connectivity index (χ2n) is 1.84. The summed E-state index contributed by atoms with van der Waals surface area (Å²) >= 11 is 0. The van der Waals surface area contributed by atoms with E-state index in [1.807, 2.05) is 0 Å². The Bertz CT molecular complexity index is 209. The number of hydrogen-bond acceptors (Lipinski definition) is 1. The summed E-state index contributed by atoms with van der Waals surface area (Å²) in [6.07, 6.45) is 4.96. The van der Waals surface area contributed by atoms with Gasteiger partial charge >= 0.3 is 0 Å². The molecule has 1 aliphatic carbocycles. The van der Waals surface area contributed by atoms with Crippen LogP contribution in [0.3, 0.4) is 0 Å². The maximum Gasteiger partial charge on any atom is 0.191 e. The molecule has 0 aromatic carbocycles. The lowest BCUT2D eigenvalue weighted by atomic mass is 10.2. The highest BCUT2D eigenvalue weighted by Crippen LogP contribution is 2.17. The summed E-state index contributed by atoms with van der Waals surface area (Å²) in [6.45, 7) is 0. The third kappa shape index (κ3) is 0.857. The first-order chi connectivity index (χ1) is 4.25. The molecule has 0 aromatic rings. The van der Waals surface area contributed by atoms with Gasteiger partial charge in [0.2, 0.25) is 0 Å². The Morgan fingerprint density at radius 3 is 2.78 bits per heavy atom. The van der Waals surface area contributed by atoms with Crippen LogP contribution in [0.4, 0.5) is 4.39 Å². The number of carbonyl (C=O) groups is 1. The summed E-state index contributed by atoms with van der Waals surface area (Å²) in [5, 5.41) is 0. The van der Waals surface area contributed by atoms with Gasteiger partial charge in [0, 0.05) is 12.0 Å². The van der Waals surface area contributed by atoms with E-state index in [9.17, 15) is 9.18 Å². The molecule has 0 aliphatic heterocycles. The average molecular weight is 124 g/mol. The molecule has 46 valence electrons. The number of alkyl halides is 1. The topological polar surface area (TPSA) is 17.1 Å². The molecule has 0 amide bonds. The van der Waals surface area contributed by atoms with Gasteiger partial charge in [-0.3, -0.25) is 4.79 Å². The van der Waals surface area contributed by atoms with Crippen molar-refractivity contribution in [3.63, 3.8) is 0 Å². The molecule has 1 rings (SSSR count). The van der Waals surface area contributed by atoms with Gasteiger partial charge in [-0.25, -0.2) is 4.39 Å². The van der Waals surface area contributed by atoms with Crippen LogP contribution in [0.15, 0.2) is 11.6 Å². The quantitative estimate of drug-likeness (QED) is 0.437. The van der Waals surface area contributed by atoms with Crippen molar-refractivity contribution in [1.82, 2.24) is 0 Å². The molecule has 9 heavy (non-hydrogen) atoms. The molecule has 0 aromatic heterocycles. The minimum atomic E-state index is -1.52. The minimum Gasteiger partial charge on any atom is -0.296 e. The number of allylic oxidation sites excluding steroid dienone is 2. The first-order valence-corrected chi connectivity index (χ1v) is 2.59. The van der Waals surface area contributed by atoms with Crippen LogP contribution < -0.4 is 0 Å². The van der Waals surface area contributed by atoms with Crippen molar-refractivity contribution >= 4 is 5.78 Å². The highest BCUT2D eigenvalue weighted by atomic mass is 19.1. The molecule has 0 saturated carbocycles. The predicted molar refractivity (Wildman–Crippen MR) is 31.4 cm³/mol. The Kier molecular flexibility index (Phi) is 1.35. The van der Waals surface area contributed by atoms with Gasteiger partial charge in [0.1, 0.15) is 0 Å². The number of halogens is 1. The molecule has 1 atom stereocenters. The molecular weight excluding hydrogens is 119 g/mol. The largest absolute Gasteiger partial charge is 0.296 e. The van der Waals surface area contributed by atoms with Gasteiger partial charge in [-0.15, -0.1) is 6.42 Å². The van der Waals surface area contributed by atoms with Crippen molar-refractivity contribution in [2.24, 2.45) is 0 Å². The van der Waals surface area contributed by atoms with Gasteiger partial charge in [0.15, 0.2) is 12.0 Å². The van der Waals surface area contributed by atoms with Crippen molar-refractivity contribution in [1.29, 1.82) is 0 Å². The smallest absolute Gasteiger partial charge is 0.191 e. The Morgan fingerprint density at radius 2 is 2.56 bits per heavy atom. The van der Waals surface area contributed by atoms with E-state index in [0.29, 0.717) is 0 Å². The summed E-state index contributed by atoms with van der Waals surface area (Å²) < 4.78 is 12.4. The van der Waals surface area contributed by atoms with Crippen LogP contribution in [-0.2, 0) is 4.79 Å². The lowest BCUT2D eigenvalue weighted by Crippen LogP contribution is -2.09. The highest BCUT2D eigenvalue weighted by molar-refractivity contribution is 5.91. The van der Waals surface area contributed by atoms with Gasteiger partial charge in [0.05, 0.1) is 0 Å². The maximum atomic E-state index is 12.4. The van der Waals surface area contributed by atoms with Crippen molar-refractivity contribution < 1.29 is 9.18 Å². The van der Waals surface area contributed by atoms with Crippen LogP contribution >= 0.6 is 0 Å². The second-order valence-corrected chi connectivity index (χ2v) is 1.84. The van der Waals surface area contributed by atoms with E-state index >= 15 is 0 Å². The molecule has 0 bridgehead atoms. The molecule has 1 nitrogen and oxygen atoms in total. The number of carbonyl (C=O) groups excluding carboxylic acids is 1. The first kappa shape index (κ1) is 6.03. The third-order valence-corrected chi connectivity index (χ3v) is 1.25. The fourth-order valence-electron chi connectivity index (χ4n) is 0.723. The Labute approximate surface area is 52.6 Å². The monoisotopic (exact) mass is 124 g/mol. The molecule has 0 radical (unpaired) electrons. The van der Waals surface area contributed by atoms with Gasteiger partial charge in [-0.1, -0.05) is 12.0 Å². The zero-order valence-electron chi connectivity index (χ0n) is 4.73. The summed E-state index contributed by atoms with van der Waals surface area (Å²) in [5.41, 5.74) is 0.181. The van der Waals surface area contributed by atoms with Crippen molar-refractivity contribution in [3.8, 4) is 12.3 Å². The van der Waals surface area contributed by atoms with Crippen LogP contribution in [0.5, 0.6) is 0 Å². The molecule has 0 spiro atoms. The summed E-state index contributed by atoms with van der Waals surface area (Å²) in [7, 11) is 0. The van der Waals surface area contributed by atoms with Gasteiger partial charge in [-0.2, -0.15) is 0 Å². The SMILES string of the molecule is C#CC1=CCC(=O)C1F. The molecule has 0 fully saturated rings. The molecule has 0 saturated heterocycles. The van der Waals surface area contributed by atoms with E-state index in [1.165, 1.54) is 6.08 Å². The van der Waals surface area contributed by atoms with Crippen LogP contribution in [0.2, 0.25) is 0 Å². The van der Waals surface area contributed by atoms with Crippen LogP contribution in [0, 0.1) is 12.3 Å². The van der Waals surface area contributed by atoms with E-state index in [-0.39, 0.29) is 12.0 Å². The summed E-state index contributed by atoms with van der Waals surface area (Å²) in [6, 6.07) is 0. The van der Waals surface area contributed by atoms with Gasteiger partial charge < -0.3 is 0 Å². The van der Waals surface area contributed by atoms with Crippen LogP contribution in [0.1, 0.15) is 6.42 Å². The van der Waals surface area contributed by atoms with E-state index in [0.717, 1.165) is 0 Å². The average Bonchev–Trinajstić information content (AvgIpc) is 2.15. The second kappa shape index (κ2) is 2.02. The first-order valence-electron chi connectivity index (χ1n) is 2.59. The van der Waals surface area contributed by atoms with Crippen LogP contribution in [0.25, 0.3) is 0 Å². The lowest BCUT2D eigenvalue weighted by molar-refractivity contribution is -0.120. The fourth-order valence-corrected chi connectivity index (χ4v) is 0.723. The molecule has 0 N–H and O–H groups in total. The van der Waals surface area contributed by atoms with E-state index < -0.39 is 12.0 Å². The summed E-state index contributed by atoms with van der Waals surface area (Å²) in [5.74, 6) is 1.68. The van der Waals surface area contributed by atoms with Gasteiger partial charge in [-0.05, 0) is 0 Å². The molecule has 0 heterocycles. The molecule has 1 aliphatic rings. The van der Waals surface area contributed by atoms with Gasteiger partial charge in [0.25, 0.3) is 0 Å². The molecule has 2 heteroatoms. The highest BCUT2D eigenvalue weighted by Gasteiger charge is 2.25. The number of terminal acetylenes is 1. The molecular formula is C7H5FO. The predicted octanol–water partition coefficient (Wildman–Crippen LogP) is 0.857. The Morgan fingerprint density at radius 1 is 1.89 bits per heavy atom. The summed E-state index contributed by atoms with van der Waals surface area (Å²) in [4.78, 5) is 10.4. The Balaban J connectivity index is 2.81. The van der Waals surface area contributed by atoms with Crippen molar-refractivity contribution in [2.45, 2.75) is 12.6 Å². The minimum absolute atomic E-state index is 0.153. The number of Topliss-reactive ketones (excluding diaryl/α,β-unsaturated/α-hetero) is 1. The fraction of sp³-hybridized carbons (Fsp3) is 0.286. The molecule has 1 unspecified atom stereocenters. The van der Waals surface area contributed by atoms with E-state index in [4.69, 9.17) is 6.42 Å². The lowest BCUT2D eigenvalue weighted by Gasteiger charge is -1.93. The van der Waals surface area contributed by atoms with E-state index in [2.05, 4.69) is 5.92 Å².